The van der Waals surface area contributed by atoms with Crippen LogP contribution in [0.15, 0.2) is 132 Å². The Balaban J connectivity index is 0.000000162. The van der Waals surface area contributed by atoms with E-state index in [4.69, 9.17) is 23.2 Å². The van der Waals surface area contributed by atoms with E-state index in [0.717, 1.165) is 56.3 Å². The van der Waals surface area contributed by atoms with Crippen molar-refractivity contribution >= 4 is 45.9 Å². The number of rotatable bonds is 5. The van der Waals surface area contributed by atoms with Crippen molar-refractivity contribution in [2.75, 3.05) is 0 Å². The monoisotopic (exact) mass is 825 g/mol. The van der Waals surface area contributed by atoms with Crippen LogP contribution in [-0.2, 0) is 26.5 Å². The van der Waals surface area contributed by atoms with Crippen molar-refractivity contribution in [1.29, 1.82) is 0 Å². The third kappa shape index (κ3) is 10.0. The SMILES string of the molecule is Clc1ccc(Cl)c(Cc2c[c-]c(-c3ccccn3)cc2)c1.[Ir+3].[c-]1sccc1-c1ccccn1.[c-]1sccc1-c1ccccn1. The van der Waals surface area contributed by atoms with Gasteiger partial charge in [0.15, 0.2) is 0 Å². The average molecular weight is 826 g/mol. The summed E-state index contributed by atoms with van der Waals surface area (Å²) in [6, 6.07) is 36.5. The summed E-state index contributed by atoms with van der Waals surface area (Å²) in [5.74, 6) is 0. The van der Waals surface area contributed by atoms with Crippen molar-refractivity contribution in [1.82, 2.24) is 15.0 Å². The summed E-state index contributed by atoms with van der Waals surface area (Å²) >= 11 is 15.3. The van der Waals surface area contributed by atoms with Crippen molar-refractivity contribution in [3.63, 3.8) is 0 Å². The molecule has 7 rings (SSSR count). The molecule has 0 atom stereocenters. The van der Waals surface area contributed by atoms with Crippen LogP contribution >= 0.6 is 45.9 Å². The van der Waals surface area contributed by atoms with Crippen LogP contribution < -0.4 is 0 Å². The molecule has 0 saturated carbocycles. The predicted octanol–water partition coefficient (Wildman–Crippen LogP) is 10.7. The van der Waals surface area contributed by atoms with Crippen LogP contribution in [0.25, 0.3) is 33.8 Å². The Bertz CT molecular complexity index is 1710. The summed E-state index contributed by atoms with van der Waals surface area (Å²) in [4.78, 5) is 12.7. The molecule has 0 unspecified atom stereocenters. The van der Waals surface area contributed by atoms with Gasteiger partial charge in [0, 0.05) is 28.6 Å². The Morgan fingerprint density at radius 2 is 1.14 bits per heavy atom. The normalized spacial score (nSPS) is 9.95. The molecule has 7 aromatic rings. The minimum absolute atomic E-state index is 0. The zero-order valence-corrected chi connectivity index (χ0v) is 28.7. The van der Waals surface area contributed by atoms with Crippen molar-refractivity contribution in [2.45, 2.75) is 6.42 Å². The molecular formula is C36H24Cl2IrN3S2. The molecule has 3 nitrogen and oxygen atoms in total. The van der Waals surface area contributed by atoms with E-state index in [1.165, 1.54) is 0 Å². The molecule has 0 spiro atoms. The van der Waals surface area contributed by atoms with Gasteiger partial charge in [0.25, 0.3) is 0 Å². The smallest absolute Gasteiger partial charge is 0.305 e. The van der Waals surface area contributed by atoms with Gasteiger partial charge in [0.05, 0.1) is 0 Å². The molecule has 44 heavy (non-hydrogen) atoms. The molecule has 0 N–H and O–H groups in total. The van der Waals surface area contributed by atoms with Crippen LogP contribution in [0.1, 0.15) is 11.1 Å². The van der Waals surface area contributed by atoms with Gasteiger partial charge in [0.1, 0.15) is 0 Å². The van der Waals surface area contributed by atoms with Crippen LogP contribution in [0.5, 0.6) is 0 Å². The molecule has 8 heteroatoms. The zero-order chi connectivity index (χ0) is 29.7. The largest absolute Gasteiger partial charge is 3.00 e. The first-order chi connectivity index (χ1) is 21.2. The van der Waals surface area contributed by atoms with Crippen molar-refractivity contribution in [3.8, 4) is 33.8 Å². The number of thiophene rings is 2. The number of hydrogen-bond acceptors (Lipinski definition) is 5. The van der Waals surface area contributed by atoms with Gasteiger partial charge in [-0.15, -0.1) is 57.3 Å². The number of benzene rings is 2. The summed E-state index contributed by atoms with van der Waals surface area (Å²) in [5.41, 5.74) is 8.21. The van der Waals surface area contributed by atoms with E-state index in [2.05, 4.69) is 37.8 Å². The standard InChI is InChI=1S/C18H12Cl2N.2C9H6NS.Ir/c19-16-8-9-17(20)15(12-16)11-13-4-6-14(7-5-13)18-3-1-2-10-21-18;2*1-2-5-10-9(3-1)8-4-6-11-7-8;/h1-6,8-10,12H,11H2;2*1-6H;/q3*-1;+3. The molecule has 5 aromatic heterocycles. The molecule has 0 aliphatic carbocycles. The van der Waals surface area contributed by atoms with Gasteiger partial charge in [-0.25, -0.2) is 0 Å². The van der Waals surface area contributed by atoms with Crippen molar-refractivity contribution in [2.24, 2.45) is 0 Å². The number of pyridine rings is 3. The van der Waals surface area contributed by atoms with E-state index in [0.29, 0.717) is 5.02 Å². The van der Waals surface area contributed by atoms with Crippen molar-refractivity contribution < 1.29 is 20.1 Å². The van der Waals surface area contributed by atoms with Gasteiger partial charge in [-0.3, -0.25) is 22.7 Å². The fraction of sp³-hybridized carbons (Fsp3) is 0.0278. The number of nitrogens with zero attached hydrogens (tertiary/aromatic N) is 3. The molecular weight excluding hydrogens is 802 g/mol. The van der Waals surface area contributed by atoms with Crippen LogP contribution in [0.4, 0.5) is 0 Å². The Morgan fingerprint density at radius 3 is 1.57 bits per heavy atom. The van der Waals surface area contributed by atoms with Crippen molar-refractivity contribution in [3.05, 3.63) is 170 Å². The maximum atomic E-state index is 6.19. The van der Waals surface area contributed by atoms with E-state index in [1.807, 2.05) is 102 Å². The number of halogens is 2. The molecule has 0 aliphatic heterocycles. The third-order valence-electron chi connectivity index (χ3n) is 6.05. The number of aromatic nitrogens is 3. The molecule has 5 heterocycles. The van der Waals surface area contributed by atoms with Gasteiger partial charge < -0.3 is 15.0 Å². The quantitative estimate of drug-likeness (QED) is 0.162. The molecule has 218 valence electrons. The Hall–Kier alpha value is -3.48. The molecule has 0 amide bonds. The fourth-order valence-electron chi connectivity index (χ4n) is 3.93. The summed E-state index contributed by atoms with van der Waals surface area (Å²) in [5, 5.41) is 11.7. The van der Waals surface area contributed by atoms with E-state index in [9.17, 15) is 0 Å². The average Bonchev–Trinajstić information content (AvgIpc) is 3.81. The second-order valence-corrected chi connectivity index (χ2v) is 11.3. The molecule has 0 bridgehead atoms. The summed E-state index contributed by atoms with van der Waals surface area (Å²) in [6.07, 6.45) is 6.10. The summed E-state index contributed by atoms with van der Waals surface area (Å²) in [6.45, 7) is 0. The third-order valence-corrected chi connectivity index (χ3v) is 7.87. The van der Waals surface area contributed by atoms with E-state index >= 15 is 0 Å². The number of hydrogen-bond donors (Lipinski definition) is 0. The maximum absolute atomic E-state index is 6.19. The maximum Gasteiger partial charge on any atom is 3.00 e. The van der Waals surface area contributed by atoms with Crippen LogP contribution in [-0.4, -0.2) is 15.0 Å². The zero-order valence-electron chi connectivity index (χ0n) is 23.2. The predicted molar refractivity (Wildman–Crippen MR) is 181 cm³/mol. The Kier molecular flexibility index (Phi) is 13.5. The van der Waals surface area contributed by atoms with E-state index in [1.54, 1.807) is 47.3 Å². The van der Waals surface area contributed by atoms with Gasteiger partial charge in [0.2, 0.25) is 0 Å². The second kappa shape index (κ2) is 17.7. The first-order valence-corrected chi connectivity index (χ1v) is 15.8. The van der Waals surface area contributed by atoms with Gasteiger partial charge in [-0.1, -0.05) is 70.4 Å². The van der Waals surface area contributed by atoms with Crippen LogP contribution in [0.2, 0.25) is 10.0 Å². The first-order valence-electron chi connectivity index (χ1n) is 13.2. The summed E-state index contributed by atoms with van der Waals surface area (Å²) < 4.78 is 0. The molecule has 0 radical (unpaired) electrons. The van der Waals surface area contributed by atoms with E-state index < -0.39 is 0 Å². The first kappa shape index (κ1) is 33.4. The minimum atomic E-state index is 0. The van der Waals surface area contributed by atoms with Crippen LogP contribution in [0.3, 0.4) is 0 Å². The fourth-order valence-corrected chi connectivity index (χ4v) is 5.46. The van der Waals surface area contributed by atoms with E-state index in [-0.39, 0.29) is 20.1 Å². The Morgan fingerprint density at radius 1 is 0.591 bits per heavy atom. The van der Waals surface area contributed by atoms with Gasteiger partial charge in [-0.05, 0) is 65.5 Å². The van der Waals surface area contributed by atoms with Crippen LogP contribution in [0, 0.1) is 16.8 Å². The molecule has 0 fully saturated rings. The Labute approximate surface area is 289 Å². The topological polar surface area (TPSA) is 38.7 Å². The van der Waals surface area contributed by atoms with Gasteiger partial charge in [-0.2, -0.15) is 12.1 Å². The molecule has 0 aliphatic rings. The molecule has 0 saturated heterocycles. The minimum Gasteiger partial charge on any atom is -0.305 e. The summed E-state index contributed by atoms with van der Waals surface area (Å²) in [7, 11) is 0. The van der Waals surface area contributed by atoms with Gasteiger partial charge >= 0.3 is 20.1 Å². The molecule has 2 aromatic carbocycles. The second-order valence-electron chi connectivity index (χ2n) is 9.04.